The zero-order chi connectivity index (χ0) is 23.0. The SMILES string of the molecule is CC(C)(C)c1ccc(S(=O)(=O)c2ccc(O[C@H]3O[C@H](CO)[C@@H](O)[C@H](O)[C@H]3O)cc2)cc1. The highest BCUT2D eigenvalue weighted by molar-refractivity contribution is 7.91. The van der Waals surface area contributed by atoms with Gasteiger partial charge >= 0.3 is 0 Å². The Bertz CT molecular complexity index is 978. The molecule has 3 rings (SSSR count). The molecule has 0 amide bonds. The topological polar surface area (TPSA) is 134 Å². The molecule has 1 heterocycles. The Morgan fingerprint density at radius 1 is 0.871 bits per heavy atom. The van der Waals surface area contributed by atoms with Gasteiger partial charge in [-0.3, -0.25) is 0 Å². The molecule has 1 saturated heterocycles. The van der Waals surface area contributed by atoms with Crippen LogP contribution in [0.1, 0.15) is 26.3 Å². The van der Waals surface area contributed by atoms with Gasteiger partial charge in [0, 0.05) is 0 Å². The first kappa shape index (κ1) is 23.6. The van der Waals surface area contributed by atoms with E-state index in [1.165, 1.54) is 24.3 Å². The van der Waals surface area contributed by atoms with Crippen molar-refractivity contribution in [2.45, 2.75) is 66.7 Å². The molecule has 0 saturated carbocycles. The fraction of sp³-hybridized carbons (Fsp3) is 0.455. The lowest BCUT2D eigenvalue weighted by Gasteiger charge is -2.39. The van der Waals surface area contributed by atoms with Gasteiger partial charge in [0.1, 0.15) is 30.2 Å². The molecule has 0 radical (unpaired) electrons. The van der Waals surface area contributed by atoms with Crippen LogP contribution >= 0.6 is 0 Å². The van der Waals surface area contributed by atoms with E-state index >= 15 is 0 Å². The normalized spacial score (nSPS) is 27.1. The van der Waals surface area contributed by atoms with Crippen molar-refractivity contribution in [3.63, 3.8) is 0 Å². The molecule has 0 spiro atoms. The monoisotopic (exact) mass is 452 g/mol. The van der Waals surface area contributed by atoms with Crippen LogP contribution in [0.25, 0.3) is 0 Å². The number of rotatable bonds is 5. The molecule has 0 aromatic heterocycles. The van der Waals surface area contributed by atoms with E-state index in [4.69, 9.17) is 9.47 Å². The number of hydrogen-bond acceptors (Lipinski definition) is 8. The Labute approximate surface area is 181 Å². The molecule has 31 heavy (non-hydrogen) atoms. The average molecular weight is 453 g/mol. The minimum Gasteiger partial charge on any atom is -0.462 e. The van der Waals surface area contributed by atoms with Gasteiger partial charge in [-0.15, -0.1) is 0 Å². The fourth-order valence-electron chi connectivity index (χ4n) is 3.27. The van der Waals surface area contributed by atoms with E-state index in [0.717, 1.165) is 5.56 Å². The van der Waals surface area contributed by atoms with E-state index in [1.807, 2.05) is 20.8 Å². The van der Waals surface area contributed by atoms with Crippen LogP contribution in [-0.4, -0.2) is 66.2 Å². The van der Waals surface area contributed by atoms with Crippen LogP contribution < -0.4 is 4.74 Å². The van der Waals surface area contributed by atoms with Gasteiger partial charge in [0.2, 0.25) is 16.1 Å². The van der Waals surface area contributed by atoms with Crippen molar-refractivity contribution in [1.29, 1.82) is 0 Å². The van der Waals surface area contributed by atoms with Crippen LogP contribution in [0.2, 0.25) is 0 Å². The Morgan fingerprint density at radius 3 is 1.87 bits per heavy atom. The summed E-state index contributed by atoms with van der Waals surface area (Å²) in [6.07, 6.45) is -7.05. The zero-order valence-electron chi connectivity index (χ0n) is 17.5. The molecular formula is C22H28O8S. The highest BCUT2D eigenvalue weighted by Crippen LogP contribution is 2.28. The lowest BCUT2D eigenvalue weighted by Crippen LogP contribution is -2.60. The third-order valence-electron chi connectivity index (χ3n) is 5.27. The minimum absolute atomic E-state index is 0.0668. The van der Waals surface area contributed by atoms with Crippen LogP contribution in [0.3, 0.4) is 0 Å². The molecule has 170 valence electrons. The quantitative estimate of drug-likeness (QED) is 0.528. The van der Waals surface area contributed by atoms with Crippen molar-refractivity contribution in [2.75, 3.05) is 6.61 Å². The third kappa shape index (κ3) is 4.92. The van der Waals surface area contributed by atoms with Crippen LogP contribution in [-0.2, 0) is 20.0 Å². The van der Waals surface area contributed by atoms with E-state index in [1.54, 1.807) is 24.3 Å². The van der Waals surface area contributed by atoms with Crippen LogP contribution in [0, 0.1) is 0 Å². The van der Waals surface area contributed by atoms with Gasteiger partial charge in [-0.25, -0.2) is 8.42 Å². The third-order valence-corrected chi connectivity index (χ3v) is 7.05. The number of aliphatic hydroxyl groups excluding tert-OH is 4. The molecule has 5 atom stereocenters. The maximum atomic E-state index is 12.9. The number of benzene rings is 2. The molecule has 4 N–H and O–H groups in total. The second kappa shape index (κ2) is 8.85. The second-order valence-corrected chi connectivity index (χ2v) is 10.5. The first-order valence-corrected chi connectivity index (χ1v) is 11.4. The number of ether oxygens (including phenoxy) is 2. The minimum atomic E-state index is -3.73. The van der Waals surface area contributed by atoms with Gasteiger partial charge in [0.15, 0.2) is 0 Å². The highest BCUT2D eigenvalue weighted by Gasteiger charge is 2.44. The van der Waals surface area contributed by atoms with Crippen molar-refractivity contribution in [1.82, 2.24) is 0 Å². The molecule has 9 heteroatoms. The van der Waals surface area contributed by atoms with E-state index < -0.39 is 47.2 Å². The summed E-state index contributed by atoms with van der Waals surface area (Å²) in [7, 11) is -3.73. The maximum absolute atomic E-state index is 12.9. The molecule has 2 aromatic rings. The first-order valence-electron chi connectivity index (χ1n) is 9.88. The summed E-state index contributed by atoms with van der Waals surface area (Å²) in [5.74, 6) is 0.186. The molecule has 1 aliphatic rings. The molecule has 0 bridgehead atoms. The molecule has 0 unspecified atom stereocenters. The highest BCUT2D eigenvalue weighted by atomic mass is 32.2. The summed E-state index contributed by atoms with van der Waals surface area (Å²) in [6.45, 7) is 5.57. The molecule has 1 aliphatic heterocycles. The van der Waals surface area contributed by atoms with Gasteiger partial charge in [-0.2, -0.15) is 0 Å². The Kier molecular flexibility index (Phi) is 6.75. The molecule has 0 aliphatic carbocycles. The van der Waals surface area contributed by atoms with E-state index in [9.17, 15) is 28.8 Å². The maximum Gasteiger partial charge on any atom is 0.229 e. The van der Waals surface area contributed by atoms with E-state index in [-0.39, 0.29) is 21.0 Å². The van der Waals surface area contributed by atoms with E-state index in [0.29, 0.717) is 0 Å². The van der Waals surface area contributed by atoms with Gasteiger partial charge < -0.3 is 29.9 Å². The largest absolute Gasteiger partial charge is 0.462 e. The first-order chi connectivity index (χ1) is 14.4. The van der Waals surface area contributed by atoms with Crippen molar-refractivity contribution >= 4 is 9.84 Å². The second-order valence-electron chi connectivity index (χ2n) is 8.56. The Morgan fingerprint density at radius 2 is 1.39 bits per heavy atom. The predicted molar refractivity (Wildman–Crippen MR) is 111 cm³/mol. The smallest absolute Gasteiger partial charge is 0.229 e. The summed E-state index contributed by atoms with van der Waals surface area (Å²) in [5, 5.41) is 39.0. The molecule has 2 aromatic carbocycles. The van der Waals surface area contributed by atoms with Crippen LogP contribution in [0.5, 0.6) is 5.75 Å². The lowest BCUT2D eigenvalue weighted by molar-refractivity contribution is -0.277. The summed E-state index contributed by atoms with van der Waals surface area (Å²) in [4.78, 5) is 0.236. The number of aliphatic hydroxyl groups is 4. The van der Waals surface area contributed by atoms with Crippen molar-refractivity contribution in [3.8, 4) is 5.75 Å². The summed E-state index contributed by atoms with van der Waals surface area (Å²) < 4.78 is 36.6. The lowest BCUT2D eigenvalue weighted by atomic mass is 9.87. The van der Waals surface area contributed by atoms with Gasteiger partial charge in [-0.1, -0.05) is 32.9 Å². The molecule has 8 nitrogen and oxygen atoms in total. The van der Waals surface area contributed by atoms with Gasteiger partial charge in [-0.05, 0) is 47.4 Å². The fourth-order valence-corrected chi connectivity index (χ4v) is 4.53. The summed E-state index contributed by atoms with van der Waals surface area (Å²) >= 11 is 0. The molecule has 1 fully saturated rings. The van der Waals surface area contributed by atoms with Gasteiger partial charge in [0.05, 0.1) is 16.4 Å². The van der Waals surface area contributed by atoms with Crippen LogP contribution in [0.15, 0.2) is 58.3 Å². The Hall–Kier alpha value is -2.01. The molecular weight excluding hydrogens is 424 g/mol. The number of hydrogen-bond donors (Lipinski definition) is 4. The standard InChI is InChI=1S/C22H28O8S/c1-22(2,3)13-4-8-15(9-5-13)31(27,28)16-10-6-14(7-11-16)29-21-20(26)19(25)18(24)17(12-23)30-21/h4-11,17-21,23-26H,12H2,1-3H3/t17-,18-,19+,20-,21+/m1/s1. The zero-order valence-corrected chi connectivity index (χ0v) is 18.4. The predicted octanol–water partition coefficient (Wildman–Crippen LogP) is 0.996. The Balaban J connectivity index is 1.76. The van der Waals surface area contributed by atoms with Crippen molar-refractivity contribution in [3.05, 3.63) is 54.1 Å². The van der Waals surface area contributed by atoms with E-state index in [2.05, 4.69) is 0 Å². The summed E-state index contributed by atoms with van der Waals surface area (Å²) in [5.41, 5.74) is 0.931. The van der Waals surface area contributed by atoms with Crippen molar-refractivity contribution < 1.29 is 38.3 Å². The summed E-state index contributed by atoms with van der Waals surface area (Å²) in [6, 6.07) is 12.3. The number of sulfone groups is 1. The van der Waals surface area contributed by atoms with Gasteiger partial charge in [0.25, 0.3) is 0 Å². The average Bonchev–Trinajstić information content (AvgIpc) is 2.74. The van der Waals surface area contributed by atoms with Crippen LogP contribution in [0.4, 0.5) is 0 Å². The van der Waals surface area contributed by atoms with Crippen molar-refractivity contribution in [2.24, 2.45) is 0 Å².